The van der Waals surface area contributed by atoms with E-state index in [9.17, 15) is 22.9 Å². The van der Waals surface area contributed by atoms with Crippen molar-refractivity contribution in [3.05, 3.63) is 41.0 Å². The molecule has 0 saturated carbocycles. The molecule has 0 heterocycles. The standard InChI is InChI=1S/C16H17N3O6S/c1-8-5-13(9(2)4-12(8)17)19-18-10-6-11(16(20)21)15(25-3)14(7-10)26(22,23)24/h4-7H,17H2,1-3H3,(H,20,21)(H,22,23,24). The summed E-state index contributed by atoms with van der Waals surface area (Å²) >= 11 is 0. The van der Waals surface area contributed by atoms with E-state index in [-0.39, 0.29) is 5.69 Å². The van der Waals surface area contributed by atoms with E-state index in [1.54, 1.807) is 26.0 Å². The number of benzene rings is 2. The second-order valence-corrected chi connectivity index (χ2v) is 6.89. The summed E-state index contributed by atoms with van der Waals surface area (Å²) in [5, 5.41) is 17.2. The maximum atomic E-state index is 11.5. The highest BCUT2D eigenvalue weighted by Crippen LogP contribution is 2.34. The first-order valence-electron chi connectivity index (χ1n) is 7.26. The molecule has 0 aromatic heterocycles. The lowest BCUT2D eigenvalue weighted by Gasteiger charge is -2.10. The Kier molecular flexibility index (Phi) is 5.28. The van der Waals surface area contributed by atoms with Crippen LogP contribution in [0.5, 0.6) is 5.75 Å². The van der Waals surface area contributed by atoms with Gasteiger partial charge in [-0.1, -0.05) is 0 Å². The van der Waals surface area contributed by atoms with Crippen molar-refractivity contribution >= 4 is 33.1 Å². The zero-order chi connectivity index (χ0) is 19.6. The van der Waals surface area contributed by atoms with Crippen LogP contribution in [0.25, 0.3) is 0 Å². The van der Waals surface area contributed by atoms with E-state index in [0.29, 0.717) is 11.4 Å². The van der Waals surface area contributed by atoms with E-state index in [1.807, 2.05) is 0 Å². The van der Waals surface area contributed by atoms with Crippen LogP contribution < -0.4 is 10.5 Å². The molecule has 10 heteroatoms. The molecule has 0 amide bonds. The normalized spacial score (nSPS) is 11.7. The quantitative estimate of drug-likeness (QED) is 0.409. The van der Waals surface area contributed by atoms with Crippen LogP contribution in [0.2, 0.25) is 0 Å². The number of aryl methyl sites for hydroxylation is 2. The predicted octanol–water partition coefficient (Wildman–Crippen LogP) is 3.25. The highest BCUT2D eigenvalue weighted by molar-refractivity contribution is 7.86. The van der Waals surface area contributed by atoms with Crippen LogP contribution in [-0.4, -0.2) is 31.2 Å². The third kappa shape index (κ3) is 3.98. The molecule has 2 rings (SSSR count). The molecule has 0 aliphatic heterocycles. The van der Waals surface area contributed by atoms with Crippen LogP contribution in [0.4, 0.5) is 17.1 Å². The minimum Gasteiger partial charge on any atom is -0.494 e. The number of nitrogen functional groups attached to an aromatic ring is 1. The summed E-state index contributed by atoms with van der Waals surface area (Å²) in [5.41, 5.74) is 7.85. The van der Waals surface area contributed by atoms with Crippen molar-refractivity contribution in [3.63, 3.8) is 0 Å². The molecular weight excluding hydrogens is 362 g/mol. The largest absolute Gasteiger partial charge is 0.494 e. The highest BCUT2D eigenvalue weighted by Gasteiger charge is 2.24. The lowest BCUT2D eigenvalue weighted by atomic mass is 10.1. The fourth-order valence-corrected chi connectivity index (χ4v) is 2.95. The molecule has 0 radical (unpaired) electrons. The molecule has 0 fully saturated rings. The van der Waals surface area contributed by atoms with Crippen molar-refractivity contribution in [1.29, 1.82) is 0 Å². The summed E-state index contributed by atoms with van der Waals surface area (Å²) in [4.78, 5) is 10.7. The maximum Gasteiger partial charge on any atom is 0.339 e. The lowest BCUT2D eigenvalue weighted by molar-refractivity contribution is 0.0693. The topological polar surface area (TPSA) is 152 Å². The van der Waals surface area contributed by atoms with Gasteiger partial charge in [0, 0.05) is 5.69 Å². The van der Waals surface area contributed by atoms with Gasteiger partial charge in [0.15, 0.2) is 5.75 Å². The second kappa shape index (κ2) is 7.10. The van der Waals surface area contributed by atoms with Gasteiger partial charge in [-0.25, -0.2) is 4.79 Å². The molecule has 0 aliphatic carbocycles. The molecule has 0 atom stereocenters. The summed E-state index contributed by atoms with van der Waals surface area (Å²) in [5.74, 6) is -1.93. The van der Waals surface area contributed by atoms with Crippen molar-refractivity contribution in [3.8, 4) is 5.75 Å². The molecule has 0 aliphatic rings. The molecule has 0 bridgehead atoms. The molecule has 26 heavy (non-hydrogen) atoms. The first kappa shape index (κ1) is 19.3. The molecule has 0 spiro atoms. The number of methoxy groups -OCH3 is 1. The molecule has 9 nitrogen and oxygen atoms in total. The van der Waals surface area contributed by atoms with Gasteiger partial charge >= 0.3 is 5.97 Å². The van der Waals surface area contributed by atoms with Crippen molar-refractivity contribution < 1.29 is 27.6 Å². The van der Waals surface area contributed by atoms with Gasteiger partial charge in [0.05, 0.1) is 18.5 Å². The van der Waals surface area contributed by atoms with E-state index < -0.39 is 32.3 Å². The number of carboxylic acids is 1. The van der Waals surface area contributed by atoms with Crippen LogP contribution in [0.1, 0.15) is 21.5 Å². The van der Waals surface area contributed by atoms with E-state index in [1.165, 1.54) is 0 Å². The van der Waals surface area contributed by atoms with Gasteiger partial charge in [0.2, 0.25) is 0 Å². The summed E-state index contributed by atoms with van der Waals surface area (Å²) < 4.78 is 37.3. The van der Waals surface area contributed by atoms with Crippen LogP contribution in [0, 0.1) is 13.8 Å². The number of anilines is 1. The fraction of sp³-hybridized carbons (Fsp3) is 0.188. The van der Waals surface area contributed by atoms with Gasteiger partial charge in [-0.3, -0.25) is 4.55 Å². The maximum absolute atomic E-state index is 11.5. The number of aromatic carboxylic acids is 1. The van der Waals surface area contributed by atoms with E-state index in [0.717, 1.165) is 30.4 Å². The molecule has 138 valence electrons. The van der Waals surface area contributed by atoms with Crippen LogP contribution >= 0.6 is 0 Å². The first-order chi connectivity index (χ1) is 12.0. The number of hydrogen-bond donors (Lipinski definition) is 3. The van der Waals surface area contributed by atoms with Crippen LogP contribution in [-0.2, 0) is 10.1 Å². The molecular formula is C16H17N3O6S. The zero-order valence-corrected chi connectivity index (χ0v) is 15.0. The number of hydrogen-bond acceptors (Lipinski definition) is 7. The van der Waals surface area contributed by atoms with E-state index in [2.05, 4.69) is 10.2 Å². The molecule has 0 saturated heterocycles. The second-order valence-electron chi connectivity index (χ2n) is 5.50. The van der Waals surface area contributed by atoms with Crippen molar-refractivity contribution in [1.82, 2.24) is 0 Å². The summed E-state index contributed by atoms with van der Waals surface area (Å²) in [6.45, 7) is 3.56. The third-order valence-corrected chi connectivity index (χ3v) is 4.47. The molecule has 2 aromatic carbocycles. The molecule has 4 N–H and O–H groups in total. The van der Waals surface area contributed by atoms with Crippen molar-refractivity contribution in [2.24, 2.45) is 10.2 Å². The molecule has 2 aromatic rings. The van der Waals surface area contributed by atoms with E-state index in [4.69, 9.17) is 10.5 Å². The number of ether oxygens (including phenoxy) is 1. The van der Waals surface area contributed by atoms with E-state index >= 15 is 0 Å². The Labute approximate surface area is 149 Å². The number of nitrogens with zero attached hydrogens (tertiary/aromatic N) is 2. The fourth-order valence-electron chi connectivity index (χ4n) is 2.25. The number of rotatable bonds is 5. The Balaban J connectivity index is 2.62. The Morgan fingerprint density at radius 1 is 1.12 bits per heavy atom. The Bertz CT molecular complexity index is 1020. The Morgan fingerprint density at radius 3 is 2.31 bits per heavy atom. The lowest BCUT2D eigenvalue weighted by Crippen LogP contribution is -2.07. The average Bonchev–Trinajstić information content (AvgIpc) is 2.55. The minimum atomic E-state index is -4.73. The predicted molar refractivity (Wildman–Crippen MR) is 94.3 cm³/mol. The Morgan fingerprint density at radius 2 is 1.77 bits per heavy atom. The number of carboxylic acid groups (broad SMARTS) is 1. The molecule has 0 unspecified atom stereocenters. The average molecular weight is 379 g/mol. The first-order valence-corrected chi connectivity index (χ1v) is 8.70. The third-order valence-electron chi connectivity index (χ3n) is 3.61. The number of carbonyl (C=O) groups is 1. The summed E-state index contributed by atoms with van der Waals surface area (Å²) in [6, 6.07) is 5.48. The van der Waals surface area contributed by atoms with Crippen LogP contribution in [0.15, 0.2) is 39.4 Å². The van der Waals surface area contributed by atoms with Gasteiger partial charge in [0.1, 0.15) is 10.5 Å². The van der Waals surface area contributed by atoms with Crippen LogP contribution in [0.3, 0.4) is 0 Å². The summed E-state index contributed by atoms with van der Waals surface area (Å²) in [7, 11) is -3.64. The van der Waals surface area contributed by atoms with Gasteiger partial charge in [0.25, 0.3) is 10.1 Å². The van der Waals surface area contributed by atoms with Gasteiger partial charge in [-0.2, -0.15) is 18.6 Å². The van der Waals surface area contributed by atoms with Gasteiger partial charge in [-0.05, 0) is 49.2 Å². The smallest absolute Gasteiger partial charge is 0.339 e. The Hall–Kier alpha value is -2.98. The van der Waals surface area contributed by atoms with Gasteiger partial charge in [-0.15, -0.1) is 0 Å². The van der Waals surface area contributed by atoms with Crippen molar-refractivity contribution in [2.45, 2.75) is 18.7 Å². The minimum absolute atomic E-state index is 0.0790. The monoisotopic (exact) mass is 379 g/mol. The van der Waals surface area contributed by atoms with Gasteiger partial charge < -0.3 is 15.6 Å². The number of nitrogens with two attached hydrogens (primary N) is 1. The number of azo groups is 1. The van der Waals surface area contributed by atoms with Crippen molar-refractivity contribution in [2.75, 3.05) is 12.8 Å². The SMILES string of the molecule is COc1c(C(=O)O)cc(N=Nc2cc(C)c(N)cc2C)cc1S(=O)(=O)O. The summed E-state index contributed by atoms with van der Waals surface area (Å²) in [6.07, 6.45) is 0. The highest BCUT2D eigenvalue weighted by atomic mass is 32.2. The zero-order valence-electron chi connectivity index (χ0n) is 14.2.